The van der Waals surface area contributed by atoms with E-state index in [1.807, 2.05) is 31.2 Å². The normalized spacial score (nSPS) is 16.3. The number of carboxylic acids is 1. The number of carbonyl (C=O) groups excluding carboxylic acids is 2. The van der Waals surface area contributed by atoms with Gasteiger partial charge in [-0.3, -0.25) is 14.4 Å². The Kier molecular flexibility index (Phi) is 5.73. The van der Waals surface area contributed by atoms with Crippen molar-refractivity contribution in [1.82, 2.24) is 0 Å². The summed E-state index contributed by atoms with van der Waals surface area (Å²) >= 11 is 0. The minimum atomic E-state index is -1.13. The predicted molar refractivity (Wildman–Crippen MR) is 103 cm³/mol. The summed E-state index contributed by atoms with van der Waals surface area (Å²) in [5.74, 6) is -2.87. The molecule has 7 heteroatoms. The number of carboxylic acid groups (broad SMARTS) is 1. The molecule has 2 aromatic rings. The maximum absolute atomic E-state index is 14.0. The Balaban J connectivity index is 1.66. The standard InChI is InChI=1S/C21H21FN2O4/c1-2-13-3-7-17(8-4-13)24-12-15(9-19(24)25)21(28)23-16-6-5-14(10-20(26)27)18(22)11-16/h3-8,11,15H,2,9-10,12H2,1H3,(H,23,28)(H,26,27). The third kappa shape index (κ3) is 4.36. The second kappa shape index (κ2) is 8.21. The van der Waals surface area contributed by atoms with Crippen molar-refractivity contribution in [3.8, 4) is 0 Å². The van der Waals surface area contributed by atoms with Crippen LogP contribution in [0.4, 0.5) is 15.8 Å². The number of carbonyl (C=O) groups is 3. The largest absolute Gasteiger partial charge is 0.481 e. The molecule has 1 aliphatic heterocycles. The number of hydrogen-bond acceptors (Lipinski definition) is 3. The smallest absolute Gasteiger partial charge is 0.307 e. The lowest BCUT2D eigenvalue weighted by Gasteiger charge is -2.17. The van der Waals surface area contributed by atoms with E-state index >= 15 is 0 Å². The monoisotopic (exact) mass is 384 g/mol. The fraction of sp³-hybridized carbons (Fsp3) is 0.286. The van der Waals surface area contributed by atoms with Crippen molar-refractivity contribution in [2.45, 2.75) is 26.2 Å². The third-order valence-corrected chi connectivity index (χ3v) is 4.81. The zero-order chi connectivity index (χ0) is 20.3. The molecule has 2 N–H and O–H groups in total. The summed E-state index contributed by atoms with van der Waals surface area (Å²) in [6.07, 6.45) is 0.560. The first kappa shape index (κ1) is 19.5. The van der Waals surface area contributed by atoms with E-state index in [1.54, 1.807) is 4.90 Å². The summed E-state index contributed by atoms with van der Waals surface area (Å²) in [4.78, 5) is 37.1. The molecule has 28 heavy (non-hydrogen) atoms. The minimum Gasteiger partial charge on any atom is -0.481 e. The molecule has 0 aromatic heterocycles. The zero-order valence-corrected chi connectivity index (χ0v) is 15.4. The molecule has 0 spiro atoms. The van der Waals surface area contributed by atoms with Gasteiger partial charge in [-0.05, 0) is 41.8 Å². The number of anilines is 2. The highest BCUT2D eigenvalue weighted by Crippen LogP contribution is 2.27. The van der Waals surface area contributed by atoms with Crippen LogP contribution in [0.25, 0.3) is 0 Å². The first-order chi connectivity index (χ1) is 13.4. The number of aryl methyl sites for hydroxylation is 1. The zero-order valence-electron chi connectivity index (χ0n) is 15.4. The predicted octanol–water partition coefficient (Wildman–Crippen LogP) is 3.01. The van der Waals surface area contributed by atoms with E-state index in [9.17, 15) is 18.8 Å². The van der Waals surface area contributed by atoms with Crippen molar-refractivity contribution in [3.63, 3.8) is 0 Å². The van der Waals surface area contributed by atoms with E-state index in [2.05, 4.69) is 5.32 Å². The van der Waals surface area contributed by atoms with Gasteiger partial charge in [0.15, 0.2) is 0 Å². The molecule has 2 amide bonds. The van der Waals surface area contributed by atoms with E-state index in [4.69, 9.17) is 5.11 Å². The number of halogens is 1. The molecule has 1 unspecified atom stereocenters. The van der Waals surface area contributed by atoms with Gasteiger partial charge in [-0.15, -0.1) is 0 Å². The van der Waals surface area contributed by atoms with Crippen LogP contribution in [-0.2, 0) is 27.2 Å². The van der Waals surface area contributed by atoms with Crippen LogP contribution in [0.5, 0.6) is 0 Å². The average molecular weight is 384 g/mol. The highest BCUT2D eigenvalue weighted by molar-refractivity contribution is 6.03. The van der Waals surface area contributed by atoms with Gasteiger partial charge in [0, 0.05) is 24.3 Å². The van der Waals surface area contributed by atoms with Gasteiger partial charge in [-0.25, -0.2) is 4.39 Å². The molecule has 0 aliphatic carbocycles. The summed E-state index contributed by atoms with van der Waals surface area (Å²) in [7, 11) is 0. The van der Waals surface area contributed by atoms with Crippen molar-refractivity contribution in [3.05, 3.63) is 59.4 Å². The van der Waals surface area contributed by atoms with Gasteiger partial charge >= 0.3 is 5.97 Å². The molecule has 2 aromatic carbocycles. The first-order valence-electron chi connectivity index (χ1n) is 9.07. The van der Waals surface area contributed by atoms with Gasteiger partial charge in [0.2, 0.25) is 11.8 Å². The quantitative estimate of drug-likeness (QED) is 0.802. The molecule has 6 nitrogen and oxygen atoms in total. The Morgan fingerprint density at radius 1 is 1.21 bits per heavy atom. The van der Waals surface area contributed by atoms with Crippen LogP contribution < -0.4 is 10.2 Å². The first-order valence-corrected chi connectivity index (χ1v) is 9.07. The number of rotatable bonds is 6. The Morgan fingerprint density at radius 2 is 1.93 bits per heavy atom. The van der Waals surface area contributed by atoms with Gasteiger partial charge < -0.3 is 15.3 Å². The Morgan fingerprint density at radius 3 is 2.54 bits per heavy atom. The molecule has 0 saturated carbocycles. The van der Waals surface area contributed by atoms with Gasteiger partial charge in [0.25, 0.3) is 0 Å². The van der Waals surface area contributed by atoms with Crippen LogP contribution in [0, 0.1) is 11.7 Å². The lowest BCUT2D eigenvalue weighted by molar-refractivity contribution is -0.136. The lowest BCUT2D eigenvalue weighted by atomic mass is 10.1. The van der Waals surface area contributed by atoms with Crippen LogP contribution in [0.1, 0.15) is 24.5 Å². The fourth-order valence-corrected chi connectivity index (χ4v) is 3.22. The fourth-order valence-electron chi connectivity index (χ4n) is 3.22. The van der Waals surface area contributed by atoms with Crippen LogP contribution in [0.3, 0.4) is 0 Å². The number of benzene rings is 2. The van der Waals surface area contributed by atoms with Crippen molar-refractivity contribution >= 4 is 29.2 Å². The molecule has 1 fully saturated rings. The maximum atomic E-state index is 14.0. The van der Waals surface area contributed by atoms with Gasteiger partial charge in [-0.2, -0.15) is 0 Å². The SMILES string of the molecule is CCc1ccc(N2CC(C(=O)Nc3ccc(CC(=O)O)c(F)c3)CC2=O)cc1. The topological polar surface area (TPSA) is 86.7 Å². The third-order valence-electron chi connectivity index (χ3n) is 4.81. The highest BCUT2D eigenvalue weighted by atomic mass is 19.1. The van der Waals surface area contributed by atoms with Crippen molar-refractivity contribution in [2.75, 3.05) is 16.8 Å². The van der Waals surface area contributed by atoms with Gasteiger partial charge in [0.05, 0.1) is 12.3 Å². The average Bonchev–Trinajstić information content (AvgIpc) is 3.05. The van der Waals surface area contributed by atoms with Crippen LogP contribution in [0.2, 0.25) is 0 Å². The number of amides is 2. The van der Waals surface area contributed by atoms with Gasteiger partial charge in [0.1, 0.15) is 5.82 Å². The molecular weight excluding hydrogens is 363 g/mol. The molecule has 1 saturated heterocycles. The molecule has 1 aliphatic rings. The van der Waals surface area contributed by atoms with Crippen LogP contribution in [0.15, 0.2) is 42.5 Å². The molecule has 1 atom stereocenters. The minimum absolute atomic E-state index is 0.0447. The summed E-state index contributed by atoms with van der Waals surface area (Å²) < 4.78 is 14.0. The van der Waals surface area contributed by atoms with Gasteiger partial charge in [-0.1, -0.05) is 25.1 Å². The summed E-state index contributed by atoms with van der Waals surface area (Å²) in [6.45, 7) is 2.31. The summed E-state index contributed by atoms with van der Waals surface area (Å²) in [6, 6.07) is 11.5. The van der Waals surface area contributed by atoms with Crippen LogP contribution >= 0.6 is 0 Å². The Labute approximate surface area is 162 Å². The van der Waals surface area contributed by atoms with E-state index in [0.29, 0.717) is 0 Å². The molecule has 0 radical (unpaired) electrons. The van der Waals surface area contributed by atoms with Crippen molar-refractivity contribution in [2.24, 2.45) is 5.92 Å². The number of aliphatic carboxylic acids is 1. The van der Waals surface area contributed by atoms with E-state index < -0.39 is 24.1 Å². The Bertz CT molecular complexity index is 911. The number of nitrogens with one attached hydrogen (secondary N) is 1. The van der Waals surface area contributed by atoms with Crippen LogP contribution in [-0.4, -0.2) is 29.4 Å². The number of nitrogens with zero attached hydrogens (tertiary/aromatic N) is 1. The number of hydrogen-bond donors (Lipinski definition) is 2. The Hall–Kier alpha value is -3.22. The second-order valence-corrected chi connectivity index (χ2v) is 6.79. The second-order valence-electron chi connectivity index (χ2n) is 6.79. The summed E-state index contributed by atoms with van der Waals surface area (Å²) in [5, 5.41) is 11.4. The molecule has 3 rings (SSSR count). The molecule has 146 valence electrons. The molecule has 0 bridgehead atoms. The van der Waals surface area contributed by atoms with Crippen molar-refractivity contribution in [1.29, 1.82) is 0 Å². The molecular formula is C21H21FN2O4. The van der Waals surface area contributed by atoms with E-state index in [1.165, 1.54) is 12.1 Å². The van der Waals surface area contributed by atoms with Crippen molar-refractivity contribution < 1.29 is 23.9 Å². The lowest BCUT2D eigenvalue weighted by Crippen LogP contribution is -2.28. The van der Waals surface area contributed by atoms with E-state index in [-0.39, 0.29) is 36.0 Å². The summed E-state index contributed by atoms with van der Waals surface area (Å²) in [5.41, 5.74) is 2.19. The highest BCUT2D eigenvalue weighted by Gasteiger charge is 2.35. The molecule has 1 heterocycles. The van der Waals surface area contributed by atoms with E-state index in [0.717, 1.165) is 23.7 Å². The maximum Gasteiger partial charge on any atom is 0.307 e.